The van der Waals surface area contributed by atoms with Gasteiger partial charge in [0.1, 0.15) is 0 Å². The van der Waals surface area contributed by atoms with Gasteiger partial charge in [-0.05, 0) is 54.0 Å². The van der Waals surface area contributed by atoms with Crippen LogP contribution in [0.15, 0.2) is 85.2 Å². The molecular weight excluding hydrogens is 430 g/mol. The molecule has 0 bridgehead atoms. The minimum atomic E-state index is 0.149. The van der Waals surface area contributed by atoms with Crippen molar-refractivity contribution in [1.29, 1.82) is 0 Å². The quantitative estimate of drug-likeness (QED) is 0.307. The number of rotatable bonds is 9. The lowest BCUT2D eigenvalue weighted by molar-refractivity contribution is -0.121. The zero-order valence-electron chi connectivity index (χ0n) is 20.4. The minimum Gasteiger partial charge on any atom is -0.356 e. The lowest BCUT2D eigenvalue weighted by Crippen LogP contribution is -2.29. The predicted octanol–water partition coefficient (Wildman–Crippen LogP) is 6.50. The molecule has 2 aromatic carbocycles. The smallest absolute Gasteiger partial charge is 0.220 e. The average Bonchev–Trinajstić information content (AvgIpc) is 3.27. The van der Waals surface area contributed by atoms with Crippen molar-refractivity contribution in [2.75, 3.05) is 6.54 Å². The van der Waals surface area contributed by atoms with Crippen molar-refractivity contribution in [3.8, 4) is 0 Å². The van der Waals surface area contributed by atoms with E-state index in [0.717, 1.165) is 18.7 Å². The normalized spacial score (nSPS) is 15.2. The Balaban J connectivity index is 1.38. The molecule has 1 atom stereocenters. The Morgan fingerprint density at radius 2 is 1.71 bits per heavy atom. The Bertz CT molecular complexity index is 1230. The first-order chi connectivity index (χ1) is 17.3. The van der Waals surface area contributed by atoms with Gasteiger partial charge >= 0.3 is 0 Å². The van der Waals surface area contributed by atoms with Crippen LogP contribution in [0.3, 0.4) is 0 Å². The fourth-order valence-electron chi connectivity index (χ4n) is 5.70. The lowest BCUT2D eigenvalue weighted by Gasteiger charge is -2.30. The summed E-state index contributed by atoms with van der Waals surface area (Å²) >= 11 is 0. The van der Waals surface area contributed by atoms with Crippen LogP contribution in [0.25, 0.3) is 10.9 Å². The van der Waals surface area contributed by atoms with E-state index < -0.39 is 0 Å². The van der Waals surface area contributed by atoms with Crippen LogP contribution in [0.2, 0.25) is 0 Å². The van der Waals surface area contributed by atoms with Crippen LogP contribution in [0, 0.1) is 5.92 Å². The molecule has 180 valence electrons. The highest BCUT2D eigenvalue weighted by Gasteiger charge is 2.29. The number of carbonyl (C=O) groups is 1. The van der Waals surface area contributed by atoms with E-state index in [0.29, 0.717) is 18.9 Å². The average molecular weight is 466 g/mol. The van der Waals surface area contributed by atoms with Crippen molar-refractivity contribution < 1.29 is 4.79 Å². The van der Waals surface area contributed by atoms with Crippen molar-refractivity contribution in [2.45, 2.75) is 57.4 Å². The van der Waals surface area contributed by atoms with Gasteiger partial charge in [-0.25, -0.2) is 0 Å². The van der Waals surface area contributed by atoms with E-state index in [2.05, 4.69) is 75.7 Å². The molecule has 1 aliphatic rings. The summed E-state index contributed by atoms with van der Waals surface area (Å²) in [4.78, 5) is 17.5. The molecule has 1 saturated carbocycles. The number of para-hydroxylation sites is 1. The molecule has 4 heteroatoms. The number of benzene rings is 2. The van der Waals surface area contributed by atoms with Crippen molar-refractivity contribution in [2.24, 2.45) is 5.92 Å². The Hall–Kier alpha value is -3.40. The number of nitrogens with zero attached hydrogens (tertiary/aromatic N) is 2. The Morgan fingerprint density at radius 1 is 0.943 bits per heavy atom. The van der Waals surface area contributed by atoms with Gasteiger partial charge in [0.15, 0.2) is 0 Å². The van der Waals surface area contributed by atoms with Crippen LogP contribution in [0.5, 0.6) is 0 Å². The van der Waals surface area contributed by atoms with Gasteiger partial charge in [-0.3, -0.25) is 9.78 Å². The summed E-state index contributed by atoms with van der Waals surface area (Å²) in [6.45, 7) is 1.47. The topological polar surface area (TPSA) is 46.9 Å². The second-order valence-corrected chi connectivity index (χ2v) is 9.84. The van der Waals surface area contributed by atoms with E-state index in [4.69, 9.17) is 0 Å². The zero-order valence-corrected chi connectivity index (χ0v) is 20.4. The van der Waals surface area contributed by atoms with Crippen LogP contribution >= 0.6 is 0 Å². The number of nitrogens with one attached hydrogen (secondary N) is 1. The summed E-state index contributed by atoms with van der Waals surface area (Å²) < 4.78 is 2.37. The summed E-state index contributed by atoms with van der Waals surface area (Å²) in [5, 5.41) is 4.47. The number of pyridine rings is 1. The summed E-state index contributed by atoms with van der Waals surface area (Å²) in [6, 6.07) is 25.3. The first kappa shape index (κ1) is 23.3. The zero-order chi connectivity index (χ0) is 23.9. The van der Waals surface area contributed by atoms with Gasteiger partial charge < -0.3 is 9.88 Å². The third-order valence-corrected chi connectivity index (χ3v) is 7.47. The van der Waals surface area contributed by atoms with Gasteiger partial charge in [0, 0.05) is 54.9 Å². The molecular formula is C31H35N3O. The summed E-state index contributed by atoms with van der Waals surface area (Å²) in [5.74, 6) is 0.949. The molecule has 0 saturated heterocycles. The first-order valence-electron chi connectivity index (χ1n) is 13.1. The molecule has 1 fully saturated rings. The maximum Gasteiger partial charge on any atom is 0.220 e. The van der Waals surface area contributed by atoms with Crippen LogP contribution in [0.1, 0.15) is 61.3 Å². The van der Waals surface area contributed by atoms with Gasteiger partial charge in [-0.1, -0.05) is 73.9 Å². The fraction of sp³-hybridized carbons (Fsp3) is 0.355. The Labute approximate surface area is 208 Å². The van der Waals surface area contributed by atoms with E-state index in [1.165, 1.54) is 54.1 Å². The van der Waals surface area contributed by atoms with Gasteiger partial charge in [0.05, 0.1) is 0 Å². The van der Waals surface area contributed by atoms with Crippen molar-refractivity contribution >= 4 is 16.8 Å². The number of carbonyl (C=O) groups excluding carboxylic acids is 1. The molecule has 0 radical (unpaired) electrons. The minimum absolute atomic E-state index is 0.149. The number of fused-ring (bicyclic) bond motifs is 1. The standard InChI is InChI=1S/C31H35N3O/c35-31(33-20-18-26-15-9-10-19-32-26)21-28(25-13-5-2-6-14-25)29-23-34(22-24-11-3-1-4-12-24)30-17-8-7-16-27(29)30/h1,3-4,7-12,15-17,19,23,25,28H,2,5-6,13-14,18,20-22H2,(H,33,35)/t28-/m0/s1. The van der Waals surface area contributed by atoms with Crippen molar-refractivity contribution in [3.63, 3.8) is 0 Å². The second-order valence-electron chi connectivity index (χ2n) is 9.84. The molecule has 35 heavy (non-hydrogen) atoms. The molecule has 2 aromatic heterocycles. The number of amides is 1. The SMILES string of the molecule is O=C(C[C@H](c1cn(Cc2ccccc2)c2ccccc12)C1CCCCC1)NCCc1ccccn1. The first-order valence-corrected chi connectivity index (χ1v) is 13.1. The summed E-state index contributed by atoms with van der Waals surface area (Å²) in [6.07, 6.45) is 11.7. The van der Waals surface area contributed by atoms with E-state index in [1.54, 1.807) is 0 Å². The van der Waals surface area contributed by atoms with E-state index in [-0.39, 0.29) is 11.8 Å². The van der Waals surface area contributed by atoms with Crippen LogP contribution in [-0.2, 0) is 17.8 Å². The van der Waals surface area contributed by atoms with Gasteiger partial charge in [-0.2, -0.15) is 0 Å². The molecule has 2 heterocycles. The van der Waals surface area contributed by atoms with Crippen LogP contribution < -0.4 is 5.32 Å². The maximum absolute atomic E-state index is 13.2. The second kappa shape index (κ2) is 11.4. The monoisotopic (exact) mass is 465 g/mol. The van der Waals surface area contributed by atoms with E-state index >= 15 is 0 Å². The fourth-order valence-corrected chi connectivity index (χ4v) is 5.70. The molecule has 0 spiro atoms. The molecule has 0 unspecified atom stereocenters. The van der Waals surface area contributed by atoms with Gasteiger partial charge in [0.2, 0.25) is 5.91 Å². The van der Waals surface area contributed by atoms with Crippen LogP contribution in [0.4, 0.5) is 0 Å². The number of hydrogen-bond acceptors (Lipinski definition) is 2. The predicted molar refractivity (Wildman–Crippen MR) is 142 cm³/mol. The third kappa shape index (κ3) is 5.82. The number of aromatic nitrogens is 2. The highest BCUT2D eigenvalue weighted by atomic mass is 16.1. The summed E-state index contributed by atoms with van der Waals surface area (Å²) in [5.41, 5.74) is 4.90. The molecule has 0 aliphatic heterocycles. The van der Waals surface area contributed by atoms with E-state index in [9.17, 15) is 4.79 Å². The molecule has 1 aliphatic carbocycles. The van der Waals surface area contributed by atoms with E-state index in [1.807, 2.05) is 24.4 Å². The van der Waals surface area contributed by atoms with Crippen LogP contribution in [-0.4, -0.2) is 22.0 Å². The third-order valence-electron chi connectivity index (χ3n) is 7.47. The van der Waals surface area contributed by atoms with Crippen molar-refractivity contribution in [3.05, 3.63) is 102 Å². The molecule has 4 nitrogen and oxygen atoms in total. The number of hydrogen-bond donors (Lipinski definition) is 1. The molecule has 1 amide bonds. The summed E-state index contributed by atoms with van der Waals surface area (Å²) in [7, 11) is 0. The highest BCUT2D eigenvalue weighted by Crippen LogP contribution is 2.41. The largest absolute Gasteiger partial charge is 0.356 e. The molecule has 1 N–H and O–H groups in total. The molecule has 4 aromatic rings. The Morgan fingerprint density at radius 3 is 2.51 bits per heavy atom. The lowest BCUT2D eigenvalue weighted by atomic mass is 9.75. The molecule has 5 rings (SSSR count). The highest BCUT2D eigenvalue weighted by molar-refractivity contribution is 5.86. The maximum atomic E-state index is 13.2. The van der Waals surface area contributed by atoms with Crippen molar-refractivity contribution in [1.82, 2.24) is 14.9 Å². The Kier molecular flexibility index (Phi) is 7.57. The van der Waals surface area contributed by atoms with Gasteiger partial charge in [0.25, 0.3) is 0 Å². The van der Waals surface area contributed by atoms with Gasteiger partial charge in [-0.15, -0.1) is 0 Å².